The van der Waals surface area contributed by atoms with Crippen LogP contribution in [0.2, 0.25) is 0 Å². The third kappa shape index (κ3) is 5.31. The molecule has 1 fully saturated rings. The van der Waals surface area contributed by atoms with E-state index in [4.69, 9.17) is 17.3 Å². The first-order valence-electron chi connectivity index (χ1n) is 4.16. The van der Waals surface area contributed by atoms with Crippen molar-refractivity contribution in [2.24, 2.45) is 10.7 Å². The van der Waals surface area contributed by atoms with Gasteiger partial charge < -0.3 is 10.6 Å². The SMILES string of the molecule is C=C(Cl)CN=C(N)N1CCSCC1.I. The summed E-state index contributed by atoms with van der Waals surface area (Å²) in [5.74, 6) is 2.83. The maximum Gasteiger partial charge on any atom is 0.191 e. The highest BCUT2D eigenvalue weighted by atomic mass is 127. The number of thioether (sulfide) groups is 1. The molecule has 14 heavy (non-hydrogen) atoms. The summed E-state index contributed by atoms with van der Waals surface area (Å²) in [4.78, 5) is 6.21. The van der Waals surface area contributed by atoms with Crippen LogP contribution >= 0.6 is 47.3 Å². The second kappa shape index (κ2) is 7.64. The fourth-order valence-electron chi connectivity index (χ4n) is 1.06. The van der Waals surface area contributed by atoms with Gasteiger partial charge in [0.15, 0.2) is 5.96 Å². The van der Waals surface area contributed by atoms with E-state index in [-0.39, 0.29) is 24.0 Å². The van der Waals surface area contributed by atoms with Crippen molar-refractivity contribution < 1.29 is 0 Å². The number of rotatable bonds is 2. The molecule has 6 heteroatoms. The number of aliphatic imine (C=N–C) groups is 1. The number of halogens is 2. The lowest BCUT2D eigenvalue weighted by atomic mass is 10.5. The largest absolute Gasteiger partial charge is 0.370 e. The monoisotopic (exact) mass is 347 g/mol. The highest BCUT2D eigenvalue weighted by Crippen LogP contribution is 2.08. The van der Waals surface area contributed by atoms with Gasteiger partial charge in [0.25, 0.3) is 0 Å². The Hall–Kier alpha value is 0.380. The van der Waals surface area contributed by atoms with Gasteiger partial charge >= 0.3 is 0 Å². The average Bonchev–Trinajstić information content (AvgIpc) is 2.15. The molecule has 0 unspecified atom stereocenters. The molecule has 0 aromatic heterocycles. The molecule has 0 aliphatic carbocycles. The maximum atomic E-state index is 5.76. The molecule has 1 aliphatic heterocycles. The number of hydrogen-bond acceptors (Lipinski definition) is 2. The Morgan fingerprint density at radius 2 is 2.07 bits per heavy atom. The van der Waals surface area contributed by atoms with Gasteiger partial charge in [0.05, 0.1) is 6.54 Å². The van der Waals surface area contributed by atoms with Gasteiger partial charge in [0.1, 0.15) is 0 Å². The standard InChI is InChI=1S/C8H14ClN3S.HI/c1-7(9)6-11-8(10)12-2-4-13-5-3-12;/h1-6H2,(H2,10,11);1H. The summed E-state index contributed by atoms with van der Waals surface area (Å²) in [6.07, 6.45) is 0. The number of nitrogens with zero attached hydrogens (tertiary/aromatic N) is 2. The van der Waals surface area contributed by atoms with Crippen LogP contribution in [0.25, 0.3) is 0 Å². The van der Waals surface area contributed by atoms with E-state index in [1.165, 1.54) is 0 Å². The van der Waals surface area contributed by atoms with E-state index in [0.717, 1.165) is 24.6 Å². The topological polar surface area (TPSA) is 41.6 Å². The van der Waals surface area contributed by atoms with Crippen molar-refractivity contribution in [1.29, 1.82) is 0 Å². The molecule has 0 bridgehead atoms. The lowest BCUT2D eigenvalue weighted by Crippen LogP contribution is -2.42. The van der Waals surface area contributed by atoms with Crippen LogP contribution in [0.5, 0.6) is 0 Å². The molecule has 1 heterocycles. The Bertz CT molecular complexity index is 217. The van der Waals surface area contributed by atoms with Crippen LogP contribution in [-0.2, 0) is 0 Å². The second-order valence-corrected chi connectivity index (χ2v) is 4.55. The van der Waals surface area contributed by atoms with Gasteiger partial charge in [-0.2, -0.15) is 11.8 Å². The first-order chi connectivity index (χ1) is 6.20. The van der Waals surface area contributed by atoms with Crippen LogP contribution in [0.3, 0.4) is 0 Å². The molecule has 0 amide bonds. The molecule has 0 spiro atoms. The van der Waals surface area contributed by atoms with Crippen molar-refractivity contribution in [3.63, 3.8) is 0 Å². The van der Waals surface area contributed by atoms with Crippen molar-refractivity contribution >= 4 is 53.3 Å². The van der Waals surface area contributed by atoms with Gasteiger partial charge in [-0.05, 0) is 0 Å². The van der Waals surface area contributed by atoms with E-state index in [1.54, 1.807) is 0 Å². The summed E-state index contributed by atoms with van der Waals surface area (Å²) < 4.78 is 0. The fraction of sp³-hybridized carbons (Fsp3) is 0.625. The smallest absolute Gasteiger partial charge is 0.191 e. The van der Waals surface area contributed by atoms with Crippen molar-refractivity contribution in [2.75, 3.05) is 31.1 Å². The van der Waals surface area contributed by atoms with E-state index in [9.17, 15) is 0 Å². The first kappa shape index (κ1) is 14.4. The fourth-order valence-corrected chi connectivity index (χ4v) is 2.02. The van der Waals surface area contributed by atoms with Crippen LogP contribution in [-0.4, -0.2) is 42.0 Å². The Balaban J connectivity index is 0.00000169. The van der Waals surface area contributed by atoms with E-state index in [1.807, 2.05) is 11.8 Å². The highest BCUT2D eigenvalue weighted by molar-refractivity contribution is 14.0. The Morgan fingerprint density at radius 1 is 1.50 bits per heavy atom. The predicted molar refractivity (Wildman–Crippen MR) is 75.8 cm³/mol. The molecular weight excluding hydrogens is 333 g/mol. The van der Waals surface area contributed by atoms with Crippen molar-refractivity contribution in [3.8, 4) is 0 Å². The van der Waals surface area contributed by atoms with Gasteiger partial charge in [-0.15, -0.1) is 24.0 Å². The molecule has 2 N–H and O–H groups in total. The summed E-state index contributed by atoms with van der Waals surface area (Å²) in [6, 6.07) is 0. The zero-order valence-electron chi connectivity index (χ0n) is 7.91. The van der Waals surface area contributed by atoms with Crippen LogP contribution in [0.4, 0.5) is 0 Å². The van der Waals surface area contributed by atoms with Crippen LogP contribution < -0.4 is 5.73 Å². The van der Waals surface area contributed by atoms with Crippen molar-refractivity contribution in [2.45, 2.75) is 0 Å². The van der Waals surface area contributed by atoms with Gasteiger partial charge in [-0.1, -0.05) is 18.2 Å². The zero-order valence-corrected chi connectivity index (χ0v) is 11.8. The van der Waals surface area contributed by atoms with Gasteiger partial charge in [0, 0.05) is 29.6 Å². The molecule has 1 saturated heterocycles. The van der Waals surface area contributed by atoms with E-state index in [2.05, 4.69) is 16.5 Å². The van der Waals surface area contributed by atoms with Crippen LogP contribution in [0.15, 0.2) is 16.6 Å². The third-order valence-electron chi connectivity index (χ3n) is 1.75. The van der Waals surface area contributed by atoms with Gasteiger partial charge in [-0.3, -0.25) is 0 Å². The Labute approximate surface area is 111 Å². The summed E-state index contributed by atoms with van der Waals surface area (Å²) in [6.45, 7) is 5.93. The lowest BCUT2D eigenvalue weighted by molar-refractivity contribution is 0.456. The lowest BCUT2D eigenvalue weighted by Gasteiger charge is -2.27. The molecule has 3 nitrogen and oxygen atoms in total. The average molecular weight is 348 g/mol. The minimum absolute atomic E-state index is 0. The van der Waals surface area contributed by atoms with Gasteiger partial charge in [-0.25, -0.2) is 4.99 Å². The molecule has 0 saturated carbocycles. The van der Waals surface area contributed by atoms with E-state index < -0.39 is 0 Å². The molecule has 0 radical (unpaired) electrons. The second-order valence-electron chi connectivity index (χ2n) is 2.79. The number of guanidine groups is 1. The van der Waals surface area contributed by atoms with E-state index >= 15 is 0 Å². The first-order valence-corrected chi connectivity index (χ1v) is 5.69. The maximum absolute atomic E-state index is 5.76. The summed E-state index contributed by atoms with van der Waals surface area (Å²) in [7, 11) is 0. The molecule has 0 aromatic rings. The molecule has 1 rings (SSSR count). The molecular formula is C8H15ClIN3S. The number of hydrogen-bond donors (Lipinski definition) is 1. The Morgan fingerprint density at radius 3 is 2.57 bits per heavy atom. The predicted octanol–water partition coefficient (Wildman–Crippen LogP) is 1.72. The number of nitrogens with two attached hydrogens (primary N) is 1. The third-order valence-corrected chi connectivity index (χ3v) is 2.81. The van der Waals surface area contributed by atoms with Crippen LogP contribution in [0, 0.1) is 0 Å². The molecule has 82 valence electrons. The summed E-state index contributed by atoms with van der Waals surface area (Å²) in [5, 5.41) is 0.523. The molecule has 1 aliphatic rings. The highest BCUT2D eigenvalue weighted by Gasteiger charge is 2.11. The minimum atomic E-state index is 0. The Kier molecular flexibility index (Phi) is 7.85. The van der Waals surface area contributed by atoms with Crippen LogP contribution in [0.1, 0.15) is 0 Å². The van der Waals surface area contributed by atoms with Crippen molar-refractivity contribution in [3.05, 3.63) is 11.6 Å². The minimum Gasteiger partial charge on any atom is -0.370 e. The van der Waals surface area contributed by atoms with Gasteiger partial charge in [0.2, 0.25) is 0 Å². The molecule has 0 aromatic carbocycles. The quantitative estimate of drug-likeness (QED) is 0.470. The van der Waals surface area contributed by atoms with Crippen molar-refractivity contribution in [1.82, 2.24) is 4.90 Å². The van der Waals surface area contributed by atoms with E-state index in [0.29, 0.717) is 17.5 Å². The zero-order chi connectivity index (χ0) is 9.68. The summed E-state index contributed by atoms with van der Waals surface area (Å²) >= 11 is 7.53. The normalized spacial score (nSPS) is 17.5. The molecule has 0 atom stereocenters. The summed E-state index contributed by atoms with van der Waals surface area (Å²) in [5.41, 5.74) is 5.76.